The van der Waals surface area contributed by atoms with E-state index in [1.807, 2.05) is 23.1 Å². The molecule has 3 heteroatoms. The summed E-state index contributed by atoms with van der Waals surface area (Å²) in [5, 5.41) is 0. The molecule has 0 radical (unpaired) electrons. The smallest absolute Gasteiger partial charge is 0.0701 e. The van der Waals surface area contributed by atoms with Gasteiger partial charge in [-0.25, -0.2) is 0 Å². The summed E-state index contributed by atoms with van der Waals surface area (Å²) in [7, 11) is 0. The Bertz CT molecular complexity index is 423. The molecule has 2 rings (SSSR count). The van der Waals surface area contributed by atoms with Gasteiger partial charge in [0.15, 0.2) is 0 Å². The van der Waals surface area contributed by atoms with Gasteiger partial charge in [-0.05, 0) is 58.8 Å². The van der Waals surface area contributed by atoms with E-state index in [2.05, 4.69) is 58.4 Å². The Kier molecular flexibility index (Phi) is 4.94. The molecule has 16 heavy (non-hydrogen) atoms. The van der Waals surface area contributed by atoms with Crippen molar-refractivity contribution in [3.8, 4) is 0 Å². The molecule has 0 atom stereocenters. The van der Waals surface area contributed by atoms with Gasteiger partial charge in [-0.15, -0.1) is 23.1 Å². The van der Waals surface area contributed by atoms with Crippen molar-refractivity contribution in [2.75, 3.05) is 5.75 Å². The largest absolute Gasteiger partial charge is 0.133 e. The third-order valence-corrected chi connectivity index (χ3v) is 4.99. The molecule has 0 unspecified atom stereocenters. The number of benzene rings is 1. The van der Waals surface area contributed by atoms with Crippen LogP contribution in [0.15, 0.2) is 51.1 Å². The van der Waals surface area contributed by atoms with Crippen LogP contribution in [0.5, 0.6) is 0 Å². The molecule has 1 aromatic heterocycles. The predicted molar refractivity (Wildman–Crippen MR) is 77.5 cm³/mol. The van der Waals surface area contributed by atoms with Crippen LogP contribution in [-0.4, -0.2) is 5.75 Å². The molecule has 1 aromatic carbocycles. The van der Waals surface area contributed by atoms with Crippen molar-refractivity contribution in [1.29, 1.82) is 0 Å². The van der Waals surface area contributed by atoms with Gasteiger partial charge in [0.1, 0.15) is 0 Å². The van der Waals surface area contributed by atoms with Gasteiger partial charge in [-0.1, -0.05) is 18.2 Å². The molecule has 0 nitrogen and oxygen atoms in total. The molecule has 0 aliphatic rings. The van der Waals surface area contributed by atoms with Crippen LogP contribution in [0.1, 0.15) is 11.3 Å². The summed E-state index contributed by atoms with van der Waals surface area (Å²) >= 11 is 7.27. The summed E-state index contributed by atoms with van der Waals surface area (Å²) in [4.78, 5) is 2.84. The lowest BCUT2D eigenvalue weighted by Gasteiger charge is -2.00. The Hall–Kier alpha value is -0.250. The monoisotopic (exact) mass is 312 g/mol. The van der Waals surface area contributed by atoms with Gasteiger partial charge in [-0.2, -0.15) is 0 Å². The highest BCUT2D eigenvalue weighted by Crippen LogP contribution is 2.24. The fourth-order valence-corrected chi connectivity index (χ4v) is 3.84. The Labute approximate surface area is 113 Å². The Balaban J connectivity index is 1.69. The Morgan fingerprint density at radius 3 is 2.56 bits per heavy atom. The van der Waals surface area contributed by atoms with E-state index in [1.165, 1.54) is 32.2 Å². The van der Waals surface area contributed by atoms with E-state index >= 15 is 0 Å². The van der Waals surface area contributed by atoms with E-state index in [9.17, 15) is 0 Å². The van der Waals surface area contributed by atoms with Crippen molar-refractivity contribution in [2.45, 2.75) is 17.7 Å². The number of rotatable bonds is 5. The predicted octanol–water partition coefficient (Wildman–Crippen LogP) is 5.24. The number of hydrogen-bond acceptors (Lipinski definition) is 2. The van der Waals surface area contributed by atoms with Gasteiger partial charge >= 0.3 is 0 Å². The van der Waals surface area contributed by atoms with Crippen LogP contribution in [-0.2, 0) is 6.42 Å². The number of halogens is 1. The lowest BCUT2D eigenvalue weighted by Crippen LogP contribution is -1.84. The molecule has 2 aromatic rings. The lowest BCUT2D eigenvalue weighted by atomic mass is 10.3. The van der Waals surface area contributed by atoms with Crippen LogP contribution in [0.4, 0.5) is 0 Å². The number of hydrogen-bond donors (Lipinski definition) is 0. The van der Waals surface area contributed by atoms with Gasteiger partial charge in [0, 0.05) is 9.77 Å². The van der Waals surface area contributed by atoms with E-state index in [1.54, 1.807) is 0 Å². The molecule has 0 N–H and O–H groups in total. The highest BCUT2D eigenvalue weighted by atomic mass is 79.9. The van der Waals surface area contributed by atoms with Crippen LogP contribution in [0.2, 0.25) is 0 Å². The summed E-state index contributed by atoms with van der Waals surface area (Å²) < 4.78 is 1.23. The second-order valence-electron chi connectivity index (χ2n) is 3.47. The maximum atomic E-state index is 3.49. The topological polar surface area (TPSA) is 0 Å². The summed E-state index contributed by atoms with van der Waals surface area (Å²) in [5.41, 5.74) is 0. The minimum absolute atomic E-state index is 1.19. The van der Waals surface area contributed by atoms with Crippen LogP contribution < -0.4 is 0 Å². The van der Waals surface area contributed by atoms with Crippen LogP contribution in [0, 0.1) is 0 Å². The van der Waals surface area contributed by atoms with E-state index in [-0.39, 0.29) is 0 Å². The number of thioether (sulfide) groups is 1. The minimum Gasteiger partial charge on any atom is -0.133 e. The van der Waals surface area contributed by atoms with Gasteiger partial charge < -0.3 is 0 Å². The van der Waals surface area contributed by atoms with Crippen molar-refractivity contribution in [3.63, 3.8) is 0 Å². The number of thiophene rings is 1. The first-order valence-corrected chi connectivity index (χ1v) is 7.86. The maximum Gasteiger partial charge on any atom is 0.0701 e. The Morgan fingerprint density at radius 2 is 1.88 bits per heavy atom. The first kappa shape index (κ1) is 12.2. The zero-order valence-corrected chi connectivity index (χ0v) is 12.1. The van der Waals surface area contributed by atoms with Gasteiger partial charge in [-0.3, -0.25) is 0 Å². The Morgan fingerprint density at radius 1 is 1.06 bits per heavy atom. The number of aryl methyl sites for hydroxylation is 1. The minimum atomic E-state index is 1.19. The normalized spacial score (nSPS) is 10.6. The molecular weight excluding hydrogens is 300 g/mol. The first-order valence-electron chi connectivity index (χ1n) is 5.26. The maximum absolute atomic E-state index is 3.49. The van der Waals surface area contributed by atoms with Gasteiger partial charge in [0.2, 0.25) is 0 Å². The fourth-order valence-electron chi connectivity index (χ4n) is 1.44. The zero-order valence-electron chi connectivity index (χ0n) is 8.86. The molecule has 0 saturated carbocycles. The average molecular weight is 313 g/mol. The van der Waals surface area contributed by atoms with E-state index in [4.69, 9.17) is 0 Å². The van der Waals surface area contributed by atoms with Crippen LogP contribution in [0.3, 0.4) is 0 Å². The van der Waals surface area contributed by atoms with Crippen molar-refractivity contribution in [2.24, 2.45) is 0 Å². The quantitative estimate of drug-likeness (QED) is 0.537. The van der Waals surface area contributed by atoms with Crippen LogP contribution in [0.25, 0.3) is 0 Å². The molecule has 0 bridgehead atoms. The second-order valence-corrected chi connectivity index (χ2v) is 7.19. The SMILES string of the molecule is Brc1ccc(CCCSc2ccccc2)s1. The molecule has 0 fully saturated rings. The van der Waals surface area contributed by atoms with Crippen molar-refractivity contribution in [3.05, 3.63) is 51.1 Å². The molecule has 0 amide bonds. The molecular formula is C13H13BrS2. The summed E-state index contributed by atoms with van der Waals surface area (Å²) in [6.45, 7) is 0. The molecule has 0 aliphatic heterocycles. The standard InChI is InChI=1S/C13H13BrS2/c14-13-9-8-12(16-13)7-4-10-15-11-5-2-1-3-6-11/h1-3,5-6,8-9H,4,7,10H2. The molecule has 0 spiro atoms. The fraction of sp³-hybridized carbons (Fsp3) is 0.231. The third-order valence-electron chi connectivity index (χ3n) is 2.21. The lowest BCUT2D eigenvalue weighted by molar-refractivity contribution is 0.952. The molecule has 1 heterocycles. The first-order chi connectivity index (χ1) is 7.84. The summed E-state index contributed by atoms with van der Waals surface area (Å²) in [6, 6.07) is 14.9. The second kappa shape index (κ2) is 6.48. The van der Waals surface area contributed by atoms with E-state index in [0.29, 0.717) is 0 Å². The van der Waals surface area contributed by atoms with Gasteiger partial charge in [0.05, 0.1) is 3.79 Å². The summed E-state index contributed by atoms with van der Waals surface area (Å²) in [6.07, 6.45) is 2.43. The molecule has 0 aliphatic carbocycles. The third kappa shape index (κ3) is 3.96. The van der Waals surface area contributed by atoms with Gasteiger partial charge in [0.25, 0.3) is 0 Å². The zero-order chi connectivity index (χ0) is 11.2. The van der Waals surface area contributed by atoms with E-state index < -0.39 is 0 Å². The highest BCUT2D eigenvalue weighted by molar-refractivity contribution is 9.11. The average Bonchev–Trinajstić information content (AvgIpc) is 2.72. The highest BCUT2D eigenvalue weighted by Gasteiger charge is 1.98. The van der Waals surface area contributed by atoms with Crippen molar-refractivity contribution >= 4 is 39.0 Å². The molecule has 0 saturated heterocycles. The summed E-state index contributed by atoms with van der Waals surface area (Å²) in [5.74, 6) is 1.19. The van der Waals surface area contributed by atoms with Crippen molar-refractivity contribution < 1.29 is 0 Å². The van der Waals surface area contributed by atoms with Crippen molar-refractivity contribution in [1.82, 2.24) is 0 Å². The van der Waals surface area contributed by atoms with Crippen LogP contribution >= 0.6 is 39.0 Å². The van der Waals surface area contributed by atoms with E-state index in [0.717, 1.165) is 0 Å². The molecule has 84 valence electrons.